The van der Waals surface area contributed by atoms with Crippen molar-refractivity contribution in [3.05, 3.63) is 102 Å². The predicted molar refractivity (Wildman–Crippen MR) is 129 cm³/mol. The lowest BCUT2D eigenvalue weighted by Crippen LogP contribution is -2.26. The molecule has 2 atom stereocenters. The van der Waals surface area contributed by atoms with Crippen molar-refractivity contribution in [3.8, 4) is 5.75 Å². The molecular weight excluding hydrogens is 398 g/mol. The van der Waals surface area contributed by atoms with Gasteiger partial charge < -0.3 is 9.47 Å². The van der Waals surface area contributed by atoms with Gasteiger partial charge in [0, 0.05) is 12.1 Å². The second-order valence-electron chi connectivity index (χ2n) is 8.71. The van der Waals surface area contributed by atoms with E-state index in [9.17, 15) is 4.79 Å². The van der Waals surface area contributed by atoms with Crippen molar-refractivity contribution in [2.24, 2.45) is 4.99 Å². The van der Waals surface area contributed by atoms with Crippen LogP contribution in [0.2, 0.25) is 0 Å². The lowest BCUT2D eigenvalue weighted by atomic mass is 9.85. The Morgan fingerprint density at radius 2 is 1.44 bits per heavy atom. The number of methoxy groups -OCH3 is 1. The minimum Gasteiger partial charge on any atom is -0.497 e. The summed E-state index contributed by atoms with van der Waals surface area (Å²) in [5.74, 6) is 0.406. The van der Waals surface area contributed by atoms with Gasteiger partial charge in [0.2, 0.25) is 0 Å². The molecule has 3 rings (SSSR count). The number of esters is 1. The van der Waals surface area contributed by atoms with Gasteiger partial charge in [-0.2, -0.15) is 0 Å². The molecule has 0 radical (unpaired) electrons. The number of carbonyl (C=O) groups excluding carboxylic acids is 1. The van der Waals surface area contributed by atoms with Crippen LogP contribution in [0.3, 0.4) is 0 Å². The molecule has 4 nitrogen and oxygen atoms in total. The van der Waals surface area contributed by atoms with E-state index in [1.54, 1.807) is 7.11 Å². The van der Waals surface area contributed by atoms with Gasteiger partial charge in [-0.15, -0.1) is 0 Å². The maximum absolute atomic E-state index is 12.8. The molecule has 0 saturated heterocycles. The van der Waals surface area contributed by atoms with Crippen LogP contribution in [-0.2, 0) is 9.53 Å². The summed E-state index contributed by atoms with van der Waals surface area (Å²) in [5.41, 5.74) is 2.54. The minimum atomic E-state index is -0.535. The van der Waals surface area contributed by atoms with Gasteiger partial charge in [0.15, 0.2) is 0 Å². The molecule has 0 bridgehead atoms. The van der Waals surface area contributed by atoms with Crippen molar-refractivity contribution >= 4 is 12.2 Å². The Balaban J connectivity index is 1.98. The maximum Gasteiger partial charge on any atom is 0.307 e. The fraction of sp³-hybridized carbons (Fsp3) is 0.286. The number of rotatable bonds is 8. The maximum atomic E-state index is 12.8. The van der Waals surface area contributed by atoms with Crippen LogP contribution in [0.1, 0.15) is 55.8 Å². The number of hydrogen-bond acceptors (Lipinski definition) is 4. The van der Waals surface area contributed by atoms with Gasteiger partial charge in [0.25, 0.3) is 0 Å². The zero-order valence-corrected chi connectivity index (χ0v) is 19.2. The number of carbonyl (C=O) groups is 1. The summed E-state index contributed by atoms with van der Waals surface area (Å²) in [6.45, 7) is 5.66. The van der Waals surface area contributed by atoms with Crippen LogP contribution >= 0.6 is 0 Å². The van der Waals surface area contributed by atoms with Gasteiger partial charge >= 0.3 is 5.97 Å². The van der Waals surface area contributed by atoms with E-state index in [-0.39, 0.29) is 24.3 Å². The van der Waals surface area contributed by atoms with Gasteiger partial charge in [0.05, 0.1) is 19.6 Å². The van der Waals surface area contributed by atoms with Crippen LogP contribution in [0.5, 0.6) is 5.75 Å². The van der Waals surface area contributed by atoms with Crippen molar-refractivity contribution in [2.45, 2.75) is 44.8 Å². The highest BCUT2D eigenvalue weighted by atomic mass is 16.6. The summed E-state index contributed by atoms with van der Waals surface area (Å²) in [7, 11) is 1.65. The third kappa shape index (κ3) is 6.81. The van der Waals surface area contributed by atoms with E-state index in [2.05, 4.69) is 12.1 Å². The van der Waals surface area contributed by atoms with Gasteiger partial charge in [0.1, 0.15) is 11.4 Å². The first-order valence-electron chi connectivity index (χ1n) is 10.8. The van der Waals surface area contributed by atoms with E-state index in [0.717, 1.165) is 22.4 Å². The molecule has 0 N–H and O–H groups in total. The number of hydrogen-bond donors (Lipinski definition) is 0. The molecule has 0 saturated carbocycles. The van der Waals surface area contributed by atoms with E-state index in [0.29, 0.717) is 0 Å². The number of benzene rings is 3. The Morgan fingerprint density at radius 3 is 1.97 bits per heavy atom. The first kappa shape index (κ1) is 23.3. The Labute approximate surface area is 190 Å². The molecule has 166 valence electrons. The first-order valence-corrected chi connectivity index (χ1v) is 10.8. The molecule has 0 aromatic heterocycles. The van der Waals surface area contributed by atoms with E-state index in [1.165, 1.54) is 0 Å². The number of ether oxygens (including phenoxy) is 2. The lowest BCUT2D eigenvalue weighted by Gasteiger charge is -2.27. The third-order valence-electron chi connectivity index (χ3n) is 5.06. The van der Waals surface area contributed by atoms with E-state index < -0.39 is 5.60 Å². The zero-order valence-electron chi connectivity index (χ0n) is 19.2. The van der Waals surface area contributed by atoms with E-state index >= 15 is 0 Å². The Kier molecular flexibility index (Phi) is 7.82. The summed E-state index contributed by atoms with van der Waals surface area (Å²) < 4.78 is 10.9. The molecule has 0 aliphatic carbocycles. The molecule has 0 spiro atoms. The van der Waals surface area contributed by atoms with Gasteiger partial charge in [-0.05, 0) is 61.7 Å². The van der Waals surface area contributed by atoms with Gasteiger partial charge in [-0.1, -0.05) is 60.7 Å². The SMILES string of the molecule is COc1ccc(C=N[C@H](c2ccccc2)[C@@H](CC(=O)OC(C)(C)C)c2ccccc2)cc1. The molecule has 0 amide bonds. The molecular formula is C28H31NO3. The summed E-state index contributed by atoms with van der Waals surface area (Å²) in [6, 6.07) is 27.7. The summed E-state index contributed by atoms with van der Waals surface area (Å²) in [5, 5.41) is 0. The molecule has 0 aliphatic heterocycles. The second kappa shape index (κ2) is 10.8. The van der Waals surface area contributed by atoms with Gasteiger partial charge in [-0.25, -0.2) is 0 Å². The second-order valence-corrected chi connectivity index (χ2v) is 8.71. The van der Waals surface area contributed by atoms with E-state index in [1.807, 2.05) is 99.8 Å². The Hall–Kier alpha value is -3.40. The smallest absolute Gasteiger partial charge is 0.307 e. The third-order valence-corrected chi connectivity index (χ3v) is 5.06. The molecule has 0 unspecified atom stereocenters. The standard InChI is InChI=1S/C28H31NO3/c1-28(2,3)32-26(30)19-25(22-11-7-5-8-12-22)27(23-13-9-6-10-14-23)29-20-21-15-17-24(31-4)18-16-21/h5-18,20,25,27H,19H2,1-4H3/t25-,27+/m0/s1. The highest BCUT2D eigenvalue weighted by Gasteiger charge is 2.29. The average Bonchev–Trinajstić information content (AvgIpc) is 2.79. The molecule has 3 aromatic rings. The first-order chi connectivity index (χ1) is 15.4. The molecule has 0 aliphatic rings. The topological polar surface area (TPSA) is 47.9 Å². The summed E-state index contributed by atoms with van der Waals surface area (Å²) >= 11 is 0. The number of aliphatic imine (C=N–C) groups is 1. The molecule has 3 aromatic carbocycles. The quantitative estimate of drug-likeness (QED) is 0.309. The average molecular weight is 430 g/mol. The van der Waals surface area contributed by atoms with Crippen molar-refractivity contribution in [3.63, 3.8) is 0 Å². The van der Waals surface area contributed by atoms with Crippen molar-refractivity contribution in [1.82, 2.24) is 0 Å². The van der Waals surface area contributed by atoms with E-state index in [4.69, 9.17) is 14.5 Å². The highest BCUT2D eigenvalue weighted by molar-refractivity contribution is 5.80. The lowest BCUT2D eigenvalue weighted by molar-refractivity contribution is -0.155. The molecule has 0 fully saturated rings. The van der Waals surface area contributed by atoms with Crippen molar-refractivity contribution in [1.29, 1.82) is 0 Å². The van der Waals surface area contributed by atoms with Gasteiger partial charge in [-0.3, -0.25) is 9.79 Å². The highest BCUT2D eigenvalue weighted by Crippen LogP contribution is 2.37. The van der Waals surface area contributed by atoms with Crippen LogP contribution in [0, 0.1) is 0 Å². The monoisotopic (exact) mass is 429 g/mol. The van der Waals surface area contributed by atoms with Crippen LogP contribution in [0.15, 0.2) is 89.9 Å². The minimum absolute atomic E-state index is 0.164. The summed E-state index contributed by atoms with van der Waals surface area (Å²) in [4.78, 5) is 17.8. The molecule has 0 heterocycles. The molecule has 4 heteroatoms. The fourth-order valence-corrected chi connectivity index (χ4v) is 3.60. The zero-order chi connectivity index (χ0) is 23.0. The fourth-order valence-electron chi connectivity index (χ4n) is 3.60. The summed E-state index contributed by atoms with van der Waals surface area (Å²) in [6.07, 6.45) is 2.10. The van der Waals surface area contributed by atoms with Crippen LogP contribution in [0.4, 0.5) is 0 Å². The van der Waals surface area contributed by atoms with Crippen LogP contribution in [0.25, 0.3) is 0 Å². The van der Waals surface area contributed by atoms with Crippen LogP contribution < -0.4 is 4.74 Å². The largest absolute Gasteiger partial charge is 0.497 e. The number of nitrogens with zero attached hydrogens (tertiary/aromatic N) is 1. The Morgan fingerprint density at radius 1 is 0.875 bits per heavy atom. The molecule has 32 heavy (non-hydrogen) atoms. The predicted octanol–water partition coefficient (Wildman–Crippen LogP) is 6.37. The van der Waals surface area contributed by atoms with Crippen molar-refractivity contribution < 1.29 is 14.3 Å². The van der Waals surface area contributed by atoms with Crippen molar-refractivity contribution in [2.75, 3.05) is 7.11 Å². The Bertz CT molecular complexity index is 1010. The van der Waals surface area contributed by atoms with Crippen LogP contribution in [-0.4, -0.2) is 24.9 Å². The normalized spacial score (nSPS) is 13.5.